The summed E-state index contributed by atoms with van der Waals surface area (Å²) in [4.78, 5) is 16.6. The fourth-order valence-corrected chi connectivity index (χ4v) is 4.52. The average Bonchev–Trinajstić information content (AvgIpc) is 3.40. The molecule has 28 heavy (non-hydrogen) atoms. The van der Waals surface area contributed by atoms with Gasteiger partial charge in [-0.2, -0.15) is 0 Å². The Labute approximate surface area is 166 Å². The first-order chi connectivity index (χ1) is 13.8. The molecule has 5 heterocycles. The first-order valence-corrected chi connectivity index (χ1v) is 10.3. The number of anilines is 1. The molecule has 146 valence electrons. The molecule has 0 aromatic carbocycles. The molecule has 0 aliphatic carbocycles. The van der Waals surface area contributed by atoms with Crippen molar-refractivity contribution in [3.8, 4) is 0 Å². The second kappa shape index (κ2) is 7.53. The lowest BCUT2D eigenvalue weighted by Gasteiger charge is -2.38. The normalized spacial score (nSPS) is 21.6. The number of nitrogens with zero attached hydrogens (tertiary/aromatic N) is 6. The Morgan fingerprint density at radius 2 is 1.82 bits per heavy atom. The van der Waals surface area contributed by atoms with Crippen molar-refractivity contribution in [3.63, 3.8) is 0 Å². The summed E-state index contributed by atoms with van der Waals surface area (Å²) in [7, 11) is 2.22. The van der Waals surface area contributed by atoms with Gasteiger partial charge >= 0.3 is 0 Å². The smallest absolute Gasteiger partial charge is 0.138 e. The summed E-state index contributed by atoms with van der Waals surface area (Å²) in [6.45, 7) is 6.41. The molecule has 0 bridgehead atoms. The van der Waals surface area contributed by atoms with Gasteiger partial charge in [-0.15, -0.1) is 0 Å². The zero-order valence-electron chi connectivity index (χ0n) is 16.5. The van der Waals surface area contributed by atoms with Crippen molar-refractivity contribution in [3.05, 3.63) is 60.2 Å². The highest BCUT2D eigenvalue weighted by Crippen LogP contribution is 2.28. The lowest BCUT2D eigenvalue weighted by molar-refractivity contribution is 0.0885. The Hall–Kier alpha value is -2.44. The Morgan fingerprint density at radius 3 is 2.64 bits per heavy atom. The van der Waals surface area contributed by atoms with Gasteiger partial charge in [0.2, 0.25) is 0 Å². The van der Waals surface area contributed by atoms with Gasteiger partial charge in [-0.3, -0.25) is 19.2 Å². The van der Waals surface area contributed by atoms with Crippen molar-refractivity contribution >= 4 is 11.5 Å². The van der Waals surface area contributed by atoms with Crippen molar-refractivity contribution in [1.82, 2.24) is 24.2 Å². The standard InChI is InChI=1S/C22H28N6/c1-25-13-14-26(15-18-7-9-23-10-8-18)17-20(25)19-16-28-21(24-19)5-4-6-22(28)27-11-2-3-12-27/h4-10,16,20H,2-3,11-15,17H2,1H3/t20-/m1/s1. The summed E-state index contributed by atoms with van der Waals surface area (Å²) < 4.78 is 2.29. The lowest BCUT2D eigenvalue weighted by atomic mass is 10.1. The van der Waals surface area contributed by atoms with Crippen LogP contribution >= 0.6 is 0 Å². The Balaban J connectivity index is 1.40. The molecular weight excluding hydrogens is 348 g/mol. The second-order valence-electron chi connectivity index (χ2n) is 8.06. The Morgan fingerprint density at radius 1 is 1.00 bits per heavy atom. The van der Waals surface area contributed by atoms with Gasteiger partial charge in [0.1, 0.15) is 11.5 Å². The third kappa shape index (κ3) is 3.38. The minimum absolute atomic E-state index is 0.321. The number of aromatic nitrogens is 3. The van der Waals surface area contributed by atoms with Crippen molar-refractivity contribution < 1.29 is 0 Å². The monoisotopic (exact) mass is 376 g/mol. The first-order valence-electron chi connectivity index (χ1n) is 10.3. The van der Waals surface area contributed by atoms with Crippen molar-refractivity contribution in [1.29, 1.82) is 0 Å². The van der Waals surface area contributed by atoms with Crippen LogP contribution in [0.2, 0.25) is 0 Å². The number of piperazine rings is 1. The van der Waals surface area contributed by atoms with Gasteiger partial charge in [-0.05, 0) is 49.7 Å². The molecule has 1 atom stereocenters. The fraction of sp³-hybridized carbons (Fsp3) is 0.455. The summed E-state index contributed by atoms with van der Waals surface area (Å²) in [5, 5.41) is 0. The highest BCUT2D eigenvalue weighted by atomic mass is 15.3. The van der Waals surface area contributed by atoms with E-state index in [4.69, 9.17) is 4.98 Å². The van der Waals surface area contributed by atoms with E-state index in [0.717, 1.165) is 44.9 Å². The molecule has 6 nitrogen and oxygen atoms in total. The van der Waals surface area contributed by atoms with E-state index in [2.05, 4.69) is 67.7 Å². The maximum atomic E-state index is 5.02. The van der Waals surface area contributed by atoms with E-state index < -0.39 is 0 Å². The molecule has 0 radical (unpaired) electrons. The number of imidazole rings is 1. The molecule has 0 saturated carbocycles. The molecular formula is C22H28N6. The zero-order valence-corrected chi connectivity index (χ0v) is 16.5. The molecule has 0 amide bonds. The van der Waals surface area contributed by atoms with Crippen LogP contribution in [0.15, 0.2) is 48.9 Å². The van der Waals surface area contributed by atoms with Crippen LogP contribution in [0.3, 0.4) is 0 Å². The third-order valence-corrected chi connectivity index (χ3v) is 6.15. The van der Waals surface area contributed by atoms with Gasteiger partial charge in [0.15, 0.2) is 0 Å². The van der Waals surface area contributed by atoms with Gasteiger partial charge in [-0.1, -0.05) is 6.07 Å². The van der Waals surface area contributed by atoms with E-state index in [1.54, 1.807) is 0 Å². The molecule has 6 heteroatoms. The predicted octanol–water partition coefficient (Wildman–Crippen LogP) is 2.82. The van der Waals surface area contributed by atoms with Crippen LogP contribution in [-0.4, -0.2) is 63.9 Å². The largest absolute Gasteiger partial charge is 0.358 e. The summed E-state index contributed by atoms with van der Waals surface area (Å²) in [6, 6.07) is 11.0. The van der Waals surface area contributed by atoms with Crippen molar-refractivity contribution in [2.75, 3.05) is 44.7 Å². The maximum Gasteiger partial charge on any atom is 0.138 e. The lowest BCUT2D eigenvalue weighted by Crippen LogP contribution is -2.46. The number of likely N-dealkylation sites (N-methyl/N-ethyl adjacent to an activating group) is 1. The Kier molecular flexibility index (Phi) is 4.74. The van der Waals surface area contributed by atoms with E-state index in [0.29, 0.717) is 6.04 Å². The van der Waals surface area contributed by atoms with Gasteiger partial charge < -0.3 is 4.90 Å². The number of fused-ring (bicyclic) bond motifs is 1. The highest BCUT2D eigenvalue weighted by molar-refractivity contribution is 5.53. The van der Waals surface area contributed by atoms with Crippen molar-refractivity contribution in [2.24, 2.45) is 0 Å². The molecule has 3 aromatic heterocycles. The predicted molar refractivity (Wildman–Crippen MR) is 112 cm³/mol. The van der Waals surface area contributed by atoms with Gasteiger partial charge in [-0.25, -0.2) is 4.98 Å². The van der Waals surface area contributed by atoms with E-state index in [9.17, 15) is 0 Å². The molecule has 2 fully saturated rings. The number of hydrogen-bond donors (Lipinski definition) is 0. The van der Waals surface area contributed by atoms with Crippen LogP contribution in [0.1, 0.15) is 30.1 Å². The van der Waals surface area contributed by atoms with Gasteiger partial charge in [0.25, 0.3) is 0 Å². The fourth-order valence-electron chi connectivity index (χ4n) is 4.52. The van der Waals surface area contributed by atoms with Crippen molar-refractivity contribution in [2.45, 2.75) is 25.4 Å². The van der Waals surface area contributed by atoms with Crippen LogP contribution in [0.25, 0.3) is 5.65 Å². The molecule has 2 aliphatic heterocycles. The van der Waals surface area contributed by atoms with E-state index in [1.165, 1.54) is 29.9 Å². The molecule has 5 rings (SSSR count). The maximum absolute atomic E-state index is 5.02. The van der Waals surface area contributed by atoms with E-state index >= 15 is 0 Å². The van der Waals surface area contributed by atoms with Crippen LogP contribution in [0.5, 0.6) is 0 Å². The first kappa shape index (κ1) is 17.6. The highest BCUT2D eigenvalue weighted by Gasteiger charge is 2.28. The summed E-state index contributed by atoms with van der Waals surface area (Å²) in [6.07, 6.45) is 8.59. The van der Waals surface area contributed by atoms with Crippen LogP contribution in [0, 0.1) is 0 Å². The quantitative estimate of drug-likeness (QED) is 0.700. The summed E-state index contributed by atoms with van der Waals surface area (Å²) in [5.41, 5.74) is 3.55. The third-order valence-electron chi connectivity index (χ3n) is 6.15. The van der Waals surface area contributed by atoms with E-state index in [1.807, 2.05) is 12.4 Å². The second-order valence-corrected chi connectivity index (χ2v) is 8.06. The number of hydrogen-bond acceptors (Lipinski definition) is 5. The van der Waals surface area contributed by atoms with Crippen LogP contribution in [0.4, 0.5) is 5.82 Å². The summed E-state index contributed by atoms with van der Waals surface area (Å²) in [5.74, 6) is 1.28. The summed E-state index contributed by atoms with van der Waals surface area (Å²) >= 11 is 0. The number of pyridine rings is 2. The topological polar surface area (TPSA) is 39.9 Å². The minimum atomic E-state index is 0.321. The van der Waals surface area contributed by atoms with Crippen LogP contribution < -0.4 is 4.90 Å². The van der Waals surface area contributed by atoms with Crippen LogP contribution in [-0.2, 0) is 6.54 Å². The molecule has 0 unspecified atom stereocenters. The zero-order chi connectivity index (χ0) is 18.9. The molecule has 2 saturated heterocycles. The molecule has 0 N–H and O–H groups in total. The Bertz CT molecular complexity index is 931. The molecule has 2 aliphatic rings. The number of rotatable bonds is 4. The van der Waals surface area contributed by atoms with E-state index in [-0.39, 0.29) is 0 Å². The van der Waals surface area contributed by atoms with Gasteiger partial charge in [0.05, 0.1) is 11.7 Å². The minimum Gasteiger partial charge on any atom is -0.358 e. The molecule has 3 aromatic rings. The van der Waals surface area contributed by atoms with Gasteiger partial charge in [0, 0.05) is 57.9 Å². The average molecular weight is 377 g/mol. The molecule has 0 spiro atoms. The SMILES string of the molecule is CN1CCN(Cc2ccncc2)C[C@@H]1c1cn2c(N3CCCC3)cccc2n1.